The lowest BCUT2D eigenvalue weighted by Gasteiger charge is -2.04. The number of carbonyl (C=O) groups excluding carboxylic acids is 1. The van der Waals surface area contributed by atoms with Gasteiger partial charge in [0, 0.05) is 0 Å². The maximum Gasteiger partial charge on any atom is 0.337 e. The fraction of sp³-hybridized carbons (Fsp3) is 0.143. The van der Waals surface area contributed by atoms with E-state index in [1.807, 2.05) is 12.1 Å². The summed E-state index contributed by atoms with van der Waals surface area (Å²) in [5.41, 5.74) is 1.16. The number of fused-ring (bicyclic) bond motifs is 1. The molecule has 18 heavy (non-hydrogen) atoms. The molecule has 2 aromatic rings. The predicted octanol–water partition coefficient (Wildman–Crippen LogP) is 2.25. The van der Waals surface area contributed by atoms with Crippen LogP contribution in [0.4, 0.5) is 0 Å². The molecule has 0 aromatic heterocycles. The van der Waals surface area contributed by atoms with Crippen LogP contribution in [0, 0.1) is 0 Å². The number of benzene rings is 2. The standard InChI is InChI=1S/C14H12O4/c1-18-14(17)11-5-4-10-3-2-9(7-13(15)16)6-12(10)8-11/h2-6,8H,7H2,1H3,(H,15,16). The lowest BCUT2D eigenvalue weighted by molar-refractivity contribution is -0.136. The molecule has 0 heterocycles. The van der Waals surface area contributed by atoms with Crippen molar-refractivity contribution >= 4 is 22.7 Å². The van der Waals surface area contributed by atoms with Crippen molar-refractivity contribution in [2.24, 2.45) is 0 Å². The fourth-order valence-corrected chi connectivity index (χ4v) is 1.83. The first-order valence-corrected chi connectivity index (χ1v) is 5.43. The molecule has 0 aliphatic heterocycles. The third-order valence-corrected chi connectivity index (χ3v) is 2.68. The number of hydrogen-bond acceptors (Lipinski definition) is 3. The molecule has 92 valence electrons. The van der Waals surface area contributed by atoms with Gasteiger partial charge in [0.2, 0.25) is 0 Å². The van der Waals surface area contributed by atoms with E-state index in [0.29, 0.717) is 11.1 Å². The van der Waals surface area contributed by atoms with Gasteiger partial charge >= 0.3 is 11.9 Å². The Kier molecular flexibility index (Phi) is 3.28. The zero-order chi connectivity index (χ0) is 13.1. The minimum absolute atomic E-state index is 0.0294. The number of carboxylic acids is 1. The fourth-order valence-electron chi connectivity index (χ4n) is 1.83. The minimum Gasteiger partial charge on any atom is -0.481 e. The summed E-state index contributed by atoms with van der Waals surface area (Å²) in [5, 5.41) is 10.5. The summed E-state index contributed by atoms with van der Waals surface area (Å²) in [6, 6.07) is 10.6. The Morgan fingerprint density at radius 3 is 2.50 bits per heavy atom. The average Bonchev–Trinajstić information content (AvgIpc) is 2.36. The van der Waals surface area contributed by atoms with Crippen LogP contribution in [0.15, 0.2) is 36.4 Å². The molecule has 0 aliphatic rings. The molecule has 4 nitrogen and oxygen atoms in total. The number of ether oxygens (including phenoxy) is 1. The Bertz CT molecular complexity index is 616. The van der Waals surface area contributed by atoms with Gasteiger partial charge in [-0.1, -0.05) is 24.3 Å². The third-order valence-electron chi connectivity index (χ3n) is 2.68. The topological polar surface area (TPSA) is 63.6 Å². The normalized spacial score (nSPS) is 10.3. The summed E-state index contributed by atoms with van der Waals surface area (Å²) in [7, 11) is 1.33. The van der Waals surface area contributed by atoms with Crippen LogP contribution in [-0.2, 0) is 16.0 Å². The lowest BCUT2D eigenvalue weighted by Crippen LogP contribution is -2.01. The third kappa shape index (κ3) is 2.48. The minimum atomic E-state index is -0.876. The largest absolute Gasteiger partial charge is 0.481 e. The van der Waals surface area contributed by atoms with E-state index in [1.165, 1.54) is 7.11 Å². The van der Waals surface area contributed by atoms with Gasteiger partial charge in [0.25, 0.3) is 0 Å². The highest BCUT2D eigenvalue weighted by Gasteiger charge is 2.07. The number of aliphatic carboxylic acids is 1. The van der Waals surface area contributed by atoms with E-state index in [-0.39, 0.29) is 6.42 Å². The predicted molar refractivity (Wildman–Crippen MR) is 66.6 cm³/mol. The Morgan fingerprint density at radius 2 is 1.83 bits per heavy atom. The molecule has 0 spiro atoms. The maximum absolute atomic E-state index is 11.4. The van der Waals surface area contributed by atoms with Gasteiger partial charge in [0.15, 0.2) is 0 Å². The molecule has 2 rings (SSSR count). The van der Waals surface area contributed by atoms with Crippen LogP contribution in [0.2, 0.25) is 0 Å². The summed E-state index contributed by atoms with van der Waals surface area (Å²) in [6.45, 7) is 0. The Balaban J connectivity index is 2.46. The summed E-state index contributed by atoms with van der Waals surface area (Å²) in [4.78, 5) is 22.1. The molecule has 0 aliphatic carbocycles. The molecule has 0 saturated carbocycles. The van der Waals surface area contributed by atoms with Crippen LogP contribution in [0.25, 0.3) is 10.8 Å². The smallest absolute Gasteiger partial charge is 0.337 e. The van der Waals surface area contributed by atoms with Gasteiger partial charge in [0.1, 0.15) is 0 Å². The van der Waals surface area contributed by atoms with Crippen molar-refractivity contribution in [3.05, 3.63) is 47.5 Å². The monoisotopic (exact) mass is 244 g/mol. The first kappa shape index (κ1) is 12.1. The summed E-state index contributed by atoms with van der Waals surface area (Å²) in [5.74, 6) is -1.28. The maximum atomic E-state index is 11.4. The number of esters is 1. The highest BCUT2D eigenvalue weighted by molar-refractivity contribution is 5.95. The first-order valence-electron chi connectivity index (χ1n) is 5.43. The molecule has 0 fully saturated rings. The van der Waals surface area contributed by atoms with Crippen LogP contribution in [0.1, 0.15) is 15.9 Å². The van der Waals surface area contributed by atoms with E-state index in [2.05, 4.69) is 4.74 Å². The van der Waals surface area contributed by atoms with Crippen molar-refractivity contribution in [1.82, 2.24) is 0 Å². The molecule has 0 unspecified atom stereocenters. The molecular formula is C14H12O4. The van der Waals surface area contributed by atoms with Crippen LogP contribution < -0.4 is 0 Å². The van der Waals surface area contributed by atoms with Crippen LogP contribution in [-0.4, -0.2) is 24.2 Å². The second-order valence-corrected chi connectivity index (χ2v) is 3.96. The van der Waals surface area contributed by atoms with Crippen molar-refractivity contribution < 1.29 is 19.4 Å². The molecule has 1 N–H and O–H groups in total. The van der Waals surface area contributed by atoms with Crippen LogP contribution in [0.3, 0.4) is 0 Å². The van der Waals surface area contributed by atoms with E-state index < -0.39 is 11.9 Å². The van der Waals surface area contributed by atoms with Gasteiger partial charge in [-0.25, -0.2) is 4.79 Å². The zero-order valence-corrected chi connectivity index (χ0v) is 9.84. The molecular weight excluding hydrogens is 232 g/mol. The van der Waals surface area contributed by atoms with E-state index >= 15 is 0 Å². The Labute approximate surface area is 104 Å². The van der Waals surface area contributed by atoms with Gasteiger partial charge in [-0.3, -0.25) is 4.79 Å². The quantitative estimate of drug-likeness (QED) is 0.841. The molecule has 0 radical (unpaired) electrons. The number of carbonyl (C=O) groups is 2. The number of carboxylic acid groups (broad SMARTS) is 1. The van der Waals surface area contributed by atoms with Crippen molar-refractivity contribution in [2.75, 3.05) is 7.11 Å². The van der Waals surface area contributed by atoms with Gasteiger partial charge in [-0.2, -0.15) is 0 Å². The SMILES string of the molecule is COC(=O)c1ccc2ccc(CC(=O)O)cc2c1. The summed E-state index contributed by atoms with van der Waals surface area (Å²) >= 11 is 0. The van der Waals surface area contributed by atoms with Crippen molar-refractivity contribution in [3.63, 3.8) is 0 Å². The van der Waals surface area contributed by atoms with E-state index in [1.54, 1.807) is 24.3 Å². The number of hydrogen-bond donors (Lipinski definition) is 1. The zero-order valence-electron chi connectivity index (χ0n) is 9.84. The van der Waals surface area contributed by atoms with Gasteiger partial charge < -0.3 is 9.84 Å². The lowest BCUT2D eigenvalue weighted by atomic mass is 10.0. The van der Waals surface area contributed by atoms with Gasteiger partial charge in [0.05, 0.1) is 19.1 Å². The van der Waals surface area contributed by atoms with Gasteiger partial charge in [-0.15, -0.1) is 0 Å². The van der Waals surface area contributed by atoms with E-state index in [9.17, 15) is 9.59 Å². The number of methoxy groups -OCH3 is 1. The summed E-state index contributed by atoms with van der Waals surface area (Å²) in [6.07, 6.45) is -0.0294. The van der Waals surface area contributed by atoms with Gasteiger partial charge in [-0.05, 0) is 28.5 Å². The molecule has 0 amide bonds. The highest BCUT2D eigenvalue weighted by Crippen LogP contribution is 2.19. The van der Waals surface area contributed by atoms with Crippen LogP contribution in [0.5, 0.6) is 0 Å². The number of rotatable bonds is 3. The molecule has 2 aromatic carbocycles. The molecule has 0 bridgehead atoms. The van der Waals surface area contributed by atoms with E-state index in [4.69, 9.17) is 5.11 Å². The second-order valence-electron chi connectivity index (χ2n) is 3.96. The van der Waals surface area contributed by atoms with E-state index in [0.717, 1.165) is 10.8 Å². The first-order chi connectivity index (χ1) is 8.60. The second kappa shape index (κ2) is 4.87. The molecule has 4 heteroatoms. The van der Waals surface area contributed by atoms with Crippen molar-refractivity contribution in [1.29, 1.82) is 0 Å². The summed E-state index contributed by atoms with van der Waals surface area (Å²) < 4.78 is 4.65. The highest BCUT2D eigenvalue weighted by atomic mass is 16.5. The van der Waals surface area contributed by atoms with Crippen LogP contribution >= 0.6 is 0 Å². The van der Waals surface area contributed by atoms with Crippen molar-refractivity contribution in [2.45, 2.75) is 6.42 Å². The van der Waals surface area contributed by atoms with Crippen molar-refractivity contribution in [3.8, 4) is 0 Å². The Morgan fingerprint density at radius 1 is 1.11 bits per heavy atom. The molecule has 0 atom stereocenters. The Hall–Kier alpha value is -2.36. The molecule has 0 saturated heterocycles. The average molecular weight is 244 g/mol.